The summed E-state index contributed by atoms with van der Waals surface area (Å²) in [6.07, 6.45) is 3.26. The number of ether oxygens (including phenoxy) is 1. The normalized spacial score (nSPS) is 10.3. The summed E-state index contributed by atoms with van der Waals surface area (Å²) in [7, 11) is 0. The van der Waals surface area contributed by atoms with E-state index in [1.807, 2.05) is 60.7 Å². The van der Waals surface area contributed by atoms with Crippen LogP contribution in [-0.2, 0) is 6.54 Å². The third kappa shape index (κ3) is 4.96. The Bertz CT molecular complexity index is 1120. The molecule has 7 nitrogen and oxygen atoms in total. The molecular weight excluding hydrogens is 378 g/mol. The molecule has 0 aliphatic carbocycles. The first kappa shape index (κ1) is 19.1. The standard InChI is InChI=1S/C23H19N5O2/c29-22(20-13-15-25-23(28-20)26-16-17-8-6-7-14-24-17)27-19-11-4-5-12-21(19)30-18-9-2-1-3-10-18/h1-15H,16H2,(H,27,29)(H,25,26,28). The van der Waals surface area contributed by atoms with Gasteiger partial charge >= 0.3 is 0 Å². The fraction of sp³-hybridized carbons (Fsp3) is 0.0435. The quantitative estimate of drug-likeness (QED) is 0.476. The number of nitrogens with zero attached hydrogens (tertiary/aromatic N) is 3. The summed E-state index contributed by atoms with van der Waals surface area (Å²) in [6.45, 7) is 0.458. The molecule has 0 radical (unpaired) electrons. The molecule has 0 saturated carbocycles. The maximum atomic E-state index is 12.7. The molecule has 2 aromatic carbocycles. The molecule has 0 unspecified atom stereocenters. The van der Waals surface area contributed by atoms with E-state index in [0.717, 1.165) is 5.69 Å². The molecular formula is C23H19N5O2. The van der Waals surface area contributed by atoms with E-state index in [9.17, 15) is 4.79 Å². The second-order valence-electron chi connectivity index (χ2n) is 6.31. The average Bonchev–Trinajstić information content (AvgIpc) is 2.80. The van der Waals surface area contributed by atoms with Crippen LogP contribution in [0, 0.1) is 0 Å². The molecule has 4 rings (SSSR count). The van der Waals surface area contributed by atoms with Gasteiger partial charge in [0, 0.05) is 12.4 Å². The van der Waals surface area contributed by atoms with Crippen molar-refractivity contribution < 1.29 is 9.53 Å². The summed E-state index contributed by atoms with van der Waals surface area (Å²) in [4.78, 5) is 25.4. The van der Waals surface area contributed by atoms with Crippen molar-refractivity contribution >= 4 is 17.5 Å². The Hall–Kier alpha value is -4.26. The highest BCUT2D eigenvalue weighted by molar-refractivity contribution is 6.03. The van der Waals surface area contributed by atoms with Gasteiger partial charge in [-0.05, 0) is 42.5 Å². The van der Waals surface area contributed by atoms with Crippen LogP contribution in [-0.4, -0.2) is 20.9 Å². The van der Waals surface area contributed by atoms with Gasteiger partial charge in [0.15, 0.2) is 5.75 Å². The topological polar surface area (TPSA) is 89.0 Å². The van der Waals surface area contributed by atoms with Crippen LogP contribution >= 0.6 is 0 Å². The van der Waals surface area contributed by atoms with E-state index < -0.39 is 0 Å². The van der Waals surface area contributed by atoms with Gasteiger partial charge < -0.3 is 15.4 Å². The lowest BCUT2D eigenvalue weighted by atomic mass is 10.2. The number of amides is 1. The number of nitrogens with one attached hydrogen (secondary N) is 2. The number of anilines is 2. The van der Waals surface area contributed by atoms with Crippen LogP contribution in [0.5, 0.6) is 11.5 Å². The summed E-state index contributed by atoms with van der Waals surface area (Å²) in [6, 6.07) is 23.8. The van der Waals surface area contributed by atoms with Crippen molar-refractivity contribution in [2.24, 2.45) is 0 Å². The molecule has 2 N–H and O–H groups in total. The third-order valence-corrected chi connectivity index (χ3v) is 4.15. The van der Waals surface area contributed by atoms with E-state index in [0.29, 0.717) is 29.7 Å². The van der Waals surface area contributed by atoms with Gasteiger partial charge in [-0.3, -0.25) is 9.78 Å². The zero-order valence-electron chi connectivity index (χ0n) is 16.0. The minimum Gasteiger partial charge on any atom is -0.455 e. The Balaban J connectivity index is 1.45. The largest absolute Gasteiger partial charge is 0.455 e. The van der Waals surface area contributed by atoms with Gasteiger partial charge in [-0.25, -0.2) is 9.97 Å². The number of benzene rings is 2. The van der Waals surface area contributed by atoms with E-state index >= 15 is 0 Å². The summed E-state index contributed by atoms with van der Waals surface area (Å²) < 4.78 is 5.89. The number of aromatic nitrogens is 3. The molecule has 0 saturated heterocycles. The van der Waals surface area contributed by atoms with Gasteiger partial charge in [-0.15, -0.1) is 0 Å². The number of hydrogen-bond acceptors (Lipinski definition) is 6. The van der Waals surface area contributed by atoms with E-state index in [4.69, 9.17) is 4.74 Å². The lowest BCUT2D eigenvalue weighted by Gasteiger charge is -2.12. The van der Waals surface area contributed by atoms with Crippen molar-refractivity contribution in [3.8, 4) is 11.5 Å². The van der Waals surface area contributed by atoms with Gasteiger partial charge in [-0.2, -0.15) is 0 Å². The van der Waals surface area contributed by atoms with Crippen molar-refractivity contribution in [3.63, 3.8) is 0 Å². The predicted molar refractivity (Wildman–Crippen MR) is 115 cm³/mol. The first-order valence-electron chi connectivity index (χ1n) is 9.38. The summed E-state index contributed by atoms with van der Waals surface area (Å²) in [5, 5.41) is 5.93. The van der Waals surface area contributed by atoms with Gasteiger partial charge in [-0.1, -0.05) is 36.4 Å². The molecule has 7 heteroatoms. The van der Waals surface area contributed by atoms with Crippen LogP contribution < -0.4 is 15.4 Å². The monoisotopic (exact) mass is 397 g/mol. The van der Waals surface area contributed by atoms with Gasteiger partial charge in [0.2, 0.25) is 5.95 Å². The Morgan fingerprint density at radius 2 is 1.63 bits per heavy atom. The van der Waals surface area contributed by atoms with Crippen molar-refractivity contribution in [1.29, 1.82) is 0 Å². The maximum absolute atomic E-state index is 12.7. The van der Waals surface area contributed by atoms with Crippen LogP contribution in [0.15, 0.2) is 91.3 Å². The van der Waals surface area contributed by atoms with Crippen LogP contribution in [0.2, 0.25) is 0 Å². The number of pyridine rings is 1. The second kappa shape index (κ2) is 9.29. The average molecular weight is 397 g/mol. The minimum atomic E-state index is -0.359. The molecule has 2 aromatic heterocycles. The van der Waals surface area contributed by atoms with Crippen molar-refractivity contribution in [3.05, 3.63) is 103 Å². The number of carbonyl (C=O) groups excluding carboxylic acids is 1. The smallest absolute Gasteiger partial charge is 0.274 e. The lowest BCUT2D eigenvalue weighted by molar-refractivity contribution is 0.102. The summed E-state index contributed by atoms with van der Waals surface area (Å²) >= 11 is 0. The molecule has 1 amide bonds. The lowest BCUT2D eigenvalue weighted by Crippen LogP contribution is -2.16. The molecule has 0 atom stereocenters. The fourth-order valence-corrected chi connectivity index (χ4v) is 2.70. The minimum absolute atomic E-state index is 0.239. The molecule has 0 bridgehead atoms. The van der Waals surface area contributed by atoms with Crippen molar-refractivity contribution in [2.45, 2.75) is 6.54 Å². The highest BCUT2D eigenvalue weighted by Crippen LogP contribution is 2.29. The Labute approximate surface area is 173 Å². The Kier molecular flexibility index (Phi) is 5.91. The van der Waals surface area contributed by atoms with E-state index in [2.05, 4.69) is 25.6 Å². The zero-order valence-corrected chi connectivity index (χ0v) is 16.0. The van der Waals surface area contributed by atoms with E-state index in [-0.39, 0.29) is 11.6 Å². The fourth-order valence-electron chi connectivity index (χ4n) is 2.70. The highest BCUT2D eigenvalue weighted by Gasteiger charge is 2.12. The second-order valence-corrected chi connectivity index (χ2v) is 6.31. The van der Waals surface area contributed by atoms with Crippen molar-refractivity contribution in [1.82, 2.24) is 15.0 Å². The first-order chi connectivity index (χ1) is 14.8. The van der Waals surface area contributed by atoms with Crippen LogP contribution in [0.25, 0.3) is 0 Å². The van der Waals surface area contributed by atoms with E-state index in [1.165, 1.54) is 6.20 Å². The number of carbonyl (C=O) groups is 1. The Morgan fingerprint density at radius 1 is 0.833 bits per heavy atom. The van der Waals surface area contributed by atoms with Crippen LogP contribution in [0.4, 0.5) is 11.6 Å². The molecule has 30 heavy (non-hydrogen) atoms. The molecule has 148 valence electrons. The highest BCUT2D eigenvalue weighted by atomic mass is 16.5. The number of rotatable bonds is 7. The van der Waals surface area contributed by atoms with Gasteiger partial charge in [0.05, 0.1) is 17.9 Å². The molecule has 0 aliphatic rings. The molecule has 0 aliphatic heterocycles. The SMILES string of the molecule is O=C(Nc1ccccc1Oc1ccccc1)c1ccnc(NCc2ccccn2)n1. The Morgan fingerprint density at radius 3 is 2.47 bits per heavy atom. The molecule has 4 aromatic rings. The number of hydrogen-bond donors (Lipinski definition) is 2. The van der Waals surface area contributed by atoms with Crippen LogP contribution in [0.3, 0.4) is 0 Å². The van der Waals surface area contributed by atoms with Crippen molar-refractivity contribution in [2.75, 3.05) is 10.6 Å². The summed E-state index contributed by atoms with van der Waals surface area (Å²) in [5.41, 5.74) is 1.64. The maximum Gasteiger partial charge on any atom is 0.274 e. The first-order valence-corrected chi connectivity index (χ1v) is 9.38. The molecule has 2 heterocycles. The van der Waals surface area contributed by atoms with E-state index in [1.54, 1.807) is 24.4 Å². The zero-order chi connectivity index (χ0) is 20.6. The molecule has 0 spiro atoms. The number of para-hydroxylation sites is 3. The van der Waals surface area contributed by atoms with Gasteiger partial charge in [0.25, 0.3) is 5.91 Å². The molecule has 0 fully saturated rings. The third-order valence-electron chi connectivity index (χ3n) is 4.15. The summed E-state index contributed by atoms with van der Waals surface area (Å²) in [5.74, 6) is 1.21. The predicted octanol–water partition coefficient (Wildman–Crippen LogP) is 4.53. The van der Waals surface area contributed by atoms with Gasteiger partial charge in [0.1, 0.15) is 11.4 Å². The van der Waals surface area contributed by atoms with Crippen LogP contribution in [0.1, 0.15) is 16.2 Å².